The zero-order chi connectivity index (χ0) is 14.0. The van der Waals surface area contributed by atoms with E-state index in [1.807, 2.05) is 0 Å². The van der Waals surface area contributed by atoms with Gasteiger partial charge in [-0.05, 0) is 24.8 Å². The molecule has 2 atom stereocenters. The molecule has 2 rings (SSSR count). The average Bonchev–Trinajstić information content (AvgIpc) is 2.65. The molecule has 1 aromatic heterocycles. The van der Waals surface area contributed by atoms with Gasteiger partial charge in [0.2, 0.25) is 0 Å². The first kappa shape index (κ1) is 14.4. The van der Waals surface area contributed by atoms with Crippen LogP contribution in [-0.2, 0) is 7.05 Å². The third-order valence-corrected chi connectivity index (χ3v) is 4.06. The van der Waals surface area contributed by atoms with Crippen LogP contribution in [0.3, 0.4) is 0 Å². The van der Waals surface area contributed by atoms with E-state index < -0.39 is 5.60 Å². The first-order valence-electron chi connectivity index (χ1n) is 6.72. The highest BCUT2D eigenvalue weighted by Crippen LogP contribution is 2.31. The van der Waals surface area contributed by atoms with Crippen LogP contribution in [0.2, 0.25) is 5.02 Å². The van der Waals surface area contributed by atoms with Crippen LogP contribution in [0.15, 0.2) is 12.3 Å². The molecule has 2 N–H and O–H groups in total. The van der Waals surface area contributed by atoms with Crippen LogP contribution in [0.5, 0.6) is 0 Å². The van der Waals surface area contributed by atoms with Crippen molar-refractivity contribution in [1.29, 1.82) is 0 Å². The third-order valence-electron chi connectivity index (χ3n) is 3.85. The van der Waals surface area contributed by atoms with E-state index in [1.54, 1.807) is 23.9 Å². The normalized spacial score (nSPS) is 27.3. The number of carbonyl (C=O) groups is 1. The number of aromatic nitrogens is 1. The number of nitrogens with one attached hydrogen (secondary N) is 1. The number of aryl methyl sites for hydroxylation is 1. The fourth-order valence-electron chi connectivity index (χ4n) is 2.88. The fraction of sp³-hybridized carbons (Fsp3) is 0.643. The Balaban J connectivity index is 1.95. The minimum atomic E-state index is -0.762. The van der Waals surface area contributed by atoms with Crippen molar-refractivity contribution < 1.29 is 9.90 Å². The Morgan fingerprint density at radius 2 is 2.42 bits per heavy atom. The molecule has 1 amide bonds. The quantitative estimate of drug-likeness (QED) is 0.895. The van der Waals surface area contributed by atoms with Crippen molar-refractivity contribution in [1.82, 2.24) is 9.88 Å². The van der Waals surface area contributed by atoms with Crippen LogP contribution in [0.4, 0.5) is 0 Å². The predicted octanol–water partition coefficient (Wildman–Crippen LogP) is 2.35. The summed E-state index contributed by atoms with van der Waals surface area (Å²) in [4.78, 5) is 12.0. The van der Waals surface area contributed by atoms with Crippen molar-refractivity contribution in [3.8, 4) is 0 Å². The number of carbonyl (C=O) groups excluding carboxylic acids is 1. The molecule has 0 radical (unpaired) electrons. The highest BCUT2D eigenvalue weighted by atomic mass is 35.5. The van der Waals surface area contributed by atoms with E-state index in [2.05, 4.69) is 12.2 Å². The van der Waals surface area contributed by atoms with Gasteiger partial charge in [-0.25, -0.2) is 0 Å². The Bertz CT molecular complexity index is 472. The van der Waals surface area contributed by atoms with Gasteiger partial charge < -0.3 is 15.0 Å². The summed E-state index contributed by atoms with van der Waals surface area (Å²) in [7, 11) is 1.78. The van der Waals surface area contributed by atoms with Gasteiger partial charge >= 0.3 is 0 Å². The Morgan fingerprint density at radius 1 is 1.68 bits per heavy atom. The molecular formula is C14H21ClN2O2. The van der Waals surface area contributed by atoms with Gasteiger partial charge in [-0.1, -0.05) is 31.4 Å². The lowest BCUT2D eigenvalue weighted by atomic mass is 9.79. The number of nitrogens with zero attached hydrogens (tertiary/aromatic N) is 1. The molecule has 1 heterocycles. The summed E-state index contributed by atoms with van der Waals surface area (Å²) in [6.07, 6.45) is 5.37. The third kappa shape index (κ3) is 3.51. The Kier molecular flexibility index (Phi) is 4.21. The summed E-state index contributed by atoms with van der Waals surface area (Å²) >= 11 is 5.85. The lowest BCUT2D eigenvalue weighted by molar-refractivity contribution is -0.0110. The van der Waals surface area contributed by atoms with Gasteiger partial charge in [-0.2, -0.15) is 0 Å². The maximum atomic E-state index is 12.0. The van der Waals surface area contributed by atoms with E-state index in [4.69, 9.17) is 11.6 Å². The van der Waals surface area contributed by atoms with Gasteiger partial charge in [0.05, 0.1) is 10.6 Å². The lowest BCUT2D eigenvalue weighted by Crippen LogP contribution is -2.46. The molecule has 0 aliphatic heterocycles. The molecular weight excluding hydrogens is 264 g/mol. The van der Waals surface area contributed by atoms with Crippen molar-refractivity contribution in [3.05, 3.63) is 23.0 Å². The zero-order valence-electron chi connectivity index (χ0n) is 11.4. The number of amides is 1. The first-order chi connectivity index (χ1) is 8.89. The monoisotopic (exact) mass is 284 g/mol. The van der Waals surface area contributed by atoms with Crippen molar-refractivity contribution in [2.24, 2.45) is 13.0 Å². The van der Waals surface area contributed by atoms with Crippen molar-refractivity contribution in [2.75, 3.05) is 6.54 Å². The zero-order valence-corrected chi connectivity index (χ0v) is 12.2. The summed E-state index contributed by atoms with van der Waals surface area (Å²) in [5.41, 5.74) is -0.250. The highest BCUT2D eigenvalue weighted by molar-refractivity contribution is 6.31. The summed E-state index contributed by atoms with van der Waals surface area (Å²) in [6, 6.07) is 1.63. The first-order valence-corrected chi connectivity index (χ1v) is 7.10. The Hall–Kier alpha value is -1.00. The predicted molar refractivity (Wildman–Crippen MR) is 75.3 cm³/mol. The molecule has 0 bridgehead atoms. The van der Waals surface area contributed by atoms with Crippen LogP contribution in [0.25, 0.3) is 0 Å². The van der Waals surface area contributed by atoms with Gasteiger partial charge in [0.15, 0.2) is 0 Å². The average molecular weight is 285 g/mol. The molecule has 4 nitrogen and oxygen atoms in total. The number of halogens is 1. The number of hydrogen-bond acceptors (Lipinski definition) is 2. The molecule has 0 aromatic carbocycles. The SMILES string of the molecule is CC1CCCC(O)(CNC(=O)c2cc(Cl)cn2C)C1. The standard InChI is InChI=1S/C14H21ClN2O2/c1-10-4-3-5-14(19,7-10)9-16-13(18)12-6-11(15)8-17(12)2/h6,8,10,19H,3-5,7,9H2,1-2H3,(H,16,18). The molecule has 0 spiro atoms. The van der Waals surface area contributed by atoms with E-state index in [9.17, 15) is 9.90 Å². The number of rotatable bonds is 3. The molecule has 0 saturated heterocycles. The molecule has 1 aliphatic rings. The van der Waals surface area contributed by atoms with Gasteiger partial charge in [-0.3, -0.25) is 4.79 Å². The van der Waals surface area contributed by atoms with Crippen LogP contribution < -0.4 is 5.32 Å². The van der Waals surface area contributed by atoms with Crippen LogP contribution in [0, 0.1) is 5.92 Å². The minimum absolute atomic E-state index is 0.193. The molecule has 19 heavy (non-hydrogen) atoms. The molecule has 1 fully saturated rings. The molecule has 1 aromatic rings. The van der Waals surface area contributed by atoms with E-state index in [-0.39, 0.29) is 5.91 Å². The maximum absolute atomic E-state index is 12.0. The number of aliphatic hydroxyl groups is 1. The van der Waals surface area contributed by atoms with E-state index in [0.717, 1.165) is 25.7 Å². The topological polar surface area (TPSA) is 54.3 Å². The van der Waals surface area contributed by atoms with Gasteiger partial charge in [-0.15, -0.1) is 0 Å². The van der Waals surface area contributed by atoms with E-state index >= 15 is 0 Å². The van der Waals surface area contributed by atoms with Gasteiger partial charge in [0.25, 0.3) is 5.91 Å². The summed E-state index contributed by atoms with van der Waals surface area (Å²) in [6.45, 7) is 2.45. The molecule has 2 unspecified atom stereocenters. The summed E-state index contributed by atoms with van der Waals surface area (Å²) in [5, 5.41) is 13.8. The van der Waals surface area contributed by atoms with Crippen LogP contribution in [0.1, 0.15) is 43.1 Å². The van der Waals surface area contributed by atoms with Crippen LogP contribution in [-0.4, -0.2) is 27.7 Å². The van der Waals surface area contributed by atoms with Gasteiger partial charge in [0, 0.05) is 19.8 Å². The Labute approximate surface area is 118 Å². The Morgan fingerprint density at radius 3 is 3.00 bits per heavy atom. The summed E-state index contributed by atoms with van der Waals surface area (Å²) < 4.78 is 1.69. The lowest BCUT2D eigenvalue weighted by Gasteiger charge is -2.35. The number of hydrogen-bond donors (Lipinski definition) is 2. The molecule has 5 heteroatoms. The van der Waals surface area contributed by atoms with Crippen molar-refractivity contribution in [3.63, 3.8) is 0 Å². The van der Waals surface area contributed by atoms with Crippen molar-refractivity contribution >= 4 is 17.5 Å². The molecule has 1 aliphatic carbocycles. The second kappa shape index (κ2) is 5.55. The maximum Gasteiger partial charge on any atom is 0.268 e. The minimum Gasteiger partial charge on any atom is -0.388 e. The highest BCUT2D eigenvalue weighted by Gasteiger charge is 2.33. The molecule has 106 valence electrons. The smallest absolute Gasteiger partial charge is 0.268 e. The second-order valence-corrected chi connectivity index (χ2v) is 6.20. The largest absolute Gasteiger partial charge is 0.388 e. The summed E-state index contributed by atoms with van der Waals surface area (Å²) in [5.74, 6) is 0.321. The fourth-order valence-corrected chi connectivity index (χ4v) is 3.13. The van der Waals surface area contributed by atoms with Crippen LogP contribution >= 0.6 is 11.6 Å². The van der Waals surface area contributed by atoms with Crippen molar-refractivity contribution in [2.45, 2.75) is 38.2 Å². The van der Waals surface area contributed by atoms with E-state index in [0.29, 0.717) is 23.2 Å². The van der Waals surface area contributed by atoms with E-state index in [1.165, 1.54) is 0 Å². The molecule has 1 saturated carbocycles. The van der Waals surface area contributed by atoms with Gasteiger partial charge in [0.1, 0.15) is 5.69 Å². The second-order valence-electron chi connectivity index (χ2n) is 5.76.